The summed E-state index contributed by atoms with van der Waals surface area (Å²) in [6.07, 6.45) is 0.867. The van der Waals surface area contributed by atoms with Crippen molar-refractivity contribution in [2.45, 2.75) is 19.4 Å². The highest BCUT2D eigenvalue weighted by molar-refractivity contribution is 6.33. The number of nitrogens with two attached hydrogens (primary N) is 1. The van der Waals surface area contributed by atoms with E-state index in [0.717, 1.165) is 23.3 Å². The second-order valence-electron chi connectivity index (χ2n) is 3.36. The molecule has 1 heterocycles. The fraction of sp³-hybridized carbons (Fsp3) is 0.400. The van der Waals surface area contributed by atoms with Crippen molar-refractivity contribution in [3.63, 3.8) is 0 Å². The van der Waals surface area contributed by atoms with Crippen molar-refractivity contribution in [3.05, 3.63) is 28.3 Å². The second kappa shape index (κ2) is 3.20. The zero-order valence-corrected chi connectivity index (χ0v) is 8.27. The summed E-state index contributed by atoms with van der Waals surface area (Å²) in [5, 5.41) is 0.702. The van der Waals surface area contributed by atoms with E-state index >= 15 is 0 Å². The van der Waals surface area contributed by atoms with Crippen molar-refractivity contribution < 1.29 is 4.74 Å². The van der Waals surface area contributed by atoms with E-state index in [1.165, 1.54) is 0 Å². The van der Waals surface area contributed by atoms with Crippen molar-refractivity contribution in [2.75, 3.05) is 6.61 Å². The van der Waals surface area contributed by atoms with Crippen molar-refractivity contribution in [2.24, 2.45) is 5.73 Å². The molecule has 1 aromatic carbocycles. The number of hydrogen-bond donors (Lipinski definition) is 1. The first kappa shape index (κ1) is 8.85. The Morgan fingerprint density at radius 3 is 3.08 bits per heavy atom. The van der Waals surface area contributed by atoms with Crippen LogP contribution in [0.2, 0.25) is 5.02 Å². The normalized spacial score (nSPS) is 20.7. The Kier molecular flexibility index (Phi) is 2.18. The molecule has 2 nitrogen and oxygen atoms in total. The SMILES string of the molecule is Cc1ccc2c(c1Cl)OCC[C@@H]2N. The smallest absolute Gasteiger partial charge is 0.142 e. The first-order valence-electron chi connectivity index (χ1n) is 4.37. The maximum absolute atomic E-state index is 6.10. The van der Waals surface area contributed by atoms with E-state index in [2.05, 4.69) is 0 Å². The largest absolute Gasteiger partial charge is 0.492 e. The Morgan fingerprint density at radius 1 is 1.54 bits per heavy atom. The molecular weight excluding hydrogens is 186 g/mol. The lowest BCUT2D eigenvalue weighted by Crippen LogP contribution is -2.20. The Balaban J connectivity index is 2.56. The van der Waals surface area contributed by atoms with E-state index in [4.69, 9.17) is 22.1 Å². The molecule has 0 aromatic heterocycles. The van der Waals surface area contributed by atoms with Crippen LogP contribution in [-0.2, 0) is 0 Å². The number of ether oxygens (including phenoxy) is 1. The molecule has 0 spiro atoms. The molecule has 0 radical (unpaired) electrons. The minimum absolute atomic E-state index is 0.0712. The van der Waals surface area contributed by atoms with Crippen molar-refractivity contribution >= 4 is 11.6 Å². The molecule has 0 saturated heterocycles. The van der Waals surface area contributed by atoms with Crippen LogP contribution in [0, 0.1) is 6.92 Å². The van der Waals surface area contributed by atoms with Gasteiger partial charge in [0.15, 0.2) is 0 Å². The van der Waals surface area contributed by atoms with Crippen molar-refractivity contribution in [1.29, 1.82) is 0 Å². The predicted octanol–water partition coefficient (Wildman–Crippen LogP) is 2.43. The van der Waals surface area contributed by atoms with Crippen LogP contribution in [0.3, 0.4) is 0 Å². The topological polar surface area (TPSA) is 35.2 Å². The Hall–Kier alpha value is -0.730. The van der Waals surface area contributed by atoms with Gasteiger partial charge in [-0.15, -0.1) is 0 Å². The quantitative estimate of drug-likeness (QED) is 0.694. The van der Waals surface area contributed by atoms with Crippen LogP contribution in [0.25, 0.3) is 0 Å². The molecule has 1 atom stereocenters. The molecule has 1 aliphatic rings. The third-order valence-corrected chi connectivity index (χ3v) is 2.87. The zero-order chi connectivity index (χ0) is 9.42. The average molecular weight is 198 g/mol. The van der Waals surface area contributed by atoms with Gasteiger partial charge in [0.1, 0.15) is 5.75 Å². The van der Waals surface area contributed by atoms with E-state index in [1.54, 1.807) is 0 Å². The third kappa shape index (κ3) is 1.40. The number of halogens is 1. The lowest BCUT2D eigenvalue weighted by Gasteiger charge is -2.24. The van der Waals surface area contributed by atoms with Gasteiger partial charge in [-0.25, -0.2) is 0 Å². The van der Waals surface area contributed by atoms with Crippen molar-refractivity contribution in [3.8, 4) is 5.75 Å². The fourth-order valence-corrected chi connectivity index (χ4v) is 1.78. The summed E-state index contributed by atoms with van der Waals surface area (Å²) >= 11 is 6.10. The van der Waals surface area contributed by atoms with Crippen LogP contribution in [-0.4, -0.2) is 6.61 Å². The van der Waals surface area contributed by atoms with E-state index in [0.29, 0.717) is 11.6 Å². The van der Waals surface area contributed by atoms with E-state index in [9.17, 15) is 0 Å². The number of fused-ring (bicyclic) bond motifs is 1. The van der Waals surface area contributed by atoms with Crippen LogP contribution in [0.1, 0.15) is 23.6 Å². The summed E-state index contributed by atoms with van der Waals surface area (Å²) in [5.41, 5.74) is 7.99. The Bertz CT molecular complexity index is 338. The highest BCUT2D eigenvalue weighted by Gasteiger charge is 2.20. The fourth-order valence-electron chi connectivity index (χ4n) is 1.55. The highest BCUT2D eigenvalue weighted by Crippen LogP contribution is 2.38. The molecule has 1 aliphatic heterocycles. The molecule has 70 valence electrons. The molecule has 3 heteroatoms. The second-order valence-corrected chi connectivity index (χ2v) is 3.74. The molecule has 0 bridgehead atoms. The van der Waals surface area contributed by atoms with Crippen LogP contribution in [0.15, 0.2) is 12.1 Å². The van der Waals surface area contributed by atoms with Gasteiger partial charge in [0, 0.05) is 18.0 Å². The van der Waals surface area contributed by atoms with Gasteiger partial charge in [-0.2, -0.15) is 0 Å². The number of hydrogen-bond acceptors (Lipinski definition) is 2. The maximum Gasteiger partial charge on any atom is 0.142 e. The maximum atomic E-state index is 6.10. The zero-order valence-electron chi connectivity index (χ0n) is 7.51. The molecule has 2 rings (SSSR count). The lowest BCUT2D eigenvalue weighted by molar-refractivity contribution is 0.269. The van der Waals surface area contributed by atoms with Gasteiger partial charge in [0.2, 0.25) is 0 Å². The molecule has 1 aromatic rings. The van der Waals surface area contributed by atoms with E-state index in [1.807, 2.05) is 19.1 Å². The van der Waals surface area contributed by atoms with Crippen LogP contribution in [0.4, 0.5) is 0 Å². The average Bonchev–Trinajstić information content (AvgIpc) is 2.12. The first-order chi connectivity index (χ1) is 6.20. The molecule has 0 unspecified atom stereocenters. The minimum atomic E-state index is 0.0712. The van der Waals surface area contributed by atoms with Gasteiger partial charge in [0.05, 0.1) is 11.6 Å². The standard InChI is InChI=1S/C10H12ClNO/c1-6-2-3-7-8(12)4-5-13-10(7)9(6)11/h2-3,8H,4-5,12H2,1H3/t8-/m0/s1. The minimum Gasteiger partial charge on any atom is -0.492 e. The van der Waals surface area contributed by atoms with Gasteiger partial charge in [0.25, 0.3) is 0 Å². The molecular formula is C10H12ClNO. The van der Waals surface area contributed by atoms with Gasteiger partial charge < -0.3 is 10.5 Å². The first-order valence-corrected chi connectivity index (χ1v) is 4.75. The summed E-state index contributed by atoms with van der Waals surface area (Å²) in [7, 11) is 0. The molecule has 0 saturated carbocycles. The number of benzene rings is 1. The lowest BCUT2D eigenvalue weighted by atomic mass is 10.00. The summed E-state index contributed by atoms with van der Waals surface area (Å²) < 4.78 is 5.49. The van der Waals surface area contributed by atoms with Crippen LogP contribution < -0.4 is 10.5 Å². The summed E-state index contributed by atoms with van der Waals surface area (Å²) in [5.74, 6) is 0.778. The Morgan fingerprint density at radius 2 is 2.31 bits per heavy atom. The molecule has 2 N–H and O–H groups in total. The molecule has 13 heavy (non-hydrogen) atoms. The monoisotopic (exact) mass is 197 g/mol. The van der Waals surface area contributed by atoms with E-state index < -0.39 is 0 Å². The molecule has 0 fully saturated rings. The summed E-state index contributed by atoms with van der Waals surface area (Å²) in [6.45, 7) is 2.63. The molecule has 0 amide bonds. The summed E-state index contributed by atoms with van der Waals surface area (Å²) in [6, 6.07) is 4.05. The highest BCUT2D eigenvalue weighted by atomic mass is 35.5. The molecule has 0 aliphatic carbocycles. The van der Waals surface area contributed by atoms with E-state index in [-0.39, 0.29) is 6.04 Å². The van der Waals surface area contributed by atoms with Gasteiger partial charge >= 0.3 is 0 Å². The number of rotatable bonds is 0. The van der Waals surface area contributed by atoms with Crippen LogP contribution in [0.5, 0.6) is 5.75 Å². The van der Waals surface area contributed by atoms with Crippen molar-refractivity contribution in [1.82, 2.24) is 0 Å². The third-order valence-electron chi connectivity index (χ3n) is 2.40. The predicted molar refractivity (Wildman–Crippen MR) is 53.2 cm³/mol. The number of aryl methyl sites for hydroxylation is 1. The van der Waals surface area contributed by atoms with Gasteiger partial charge in [-0.05, 0) is 12.5 Å². The van der Waals surface area contributed by atoms with Gasteiger partial charge in [-0.3, -0.25) is 0 Å². The van der Waals surface area contributed by atoms with Gasteiger partial charge in [-0.1, -0.05) is 23.7 Å². The Labute approximate surface area is 82.6 Å². The summed E-state index contributed by atoms with van der Waals surface area (Å²) in [4.78, 5) is 0. The van der Waals surface area contributed by atoms with Crippen LogP contribution >= 0.6 is 11.6 Å².